The van der Waals surface area contributed by atoms with Gasteiger partial charge >= 0.3 is 0 Å². The quantitative estimate of drug-likeness (QED) is 0.747. The van der Waals surface area contributed by atoms with Gasteiger partial charge in [-0.05, 0) is 28.9 Å². The summed E-state index contributed by atoms with van der Waals surface area (Å²) in [4.78, 5) is 4.28. The van der Waals surface area contributed by atoms with Crippen molar-refractivity contribution in [2.75, 3.05) is 5.73 Å². The average Bonchev–Trinajstić information content (AvgIpc) is 2.84. The Morgan fingerprint density at radius 2 is 2.22 bits per heavy atom. The summed E-state index contributed by atoms with van der Waals surface area (Å²) in [7, 11) is 1.94. The van der Waals surface area contributed by atoms with Crippen LogP contribution >= 0.6 is 27.3 Å². The molecule has 0 atom stereocenters. The molecule has 3 heterocycles. The lowest BCUT2D eigenvalue weighted by atomic mass is 10.1. The molecule has 0 aliphatic carbocycles. The molecule has 0 fully saturated rings. The highest BCUT2D eigenvalue weighted by Crippen LogP contribution is 2.39. The summed E-state index contributed by atoms with van der Waals surface area (Å²) in [6, 6.07) is 2.06. The monoisotopic (exact) mass is 322 g/mol. The molecule has 92 valence electrons. The fraction of sp³-hybridized carbons (Fsp3) is 0.167. The number of nitrogen functional groups attached to an aromatic ring is 1. The SMILES string of the molecule is Cc1cc(-c2cnc(N)c3c(Br)csc23)n(C)n1. The average molecular weight is 323 g/mol. The van der Waals surface area contributed by atoms with Crippen molar-refractivity contribution >= 4 is 43.2 Å². The van der Waals surface area contributed by atoms with Gasteiger partial charge in [0.15, 0.2) is 0 Å². The molecule has 0 saturated carbocycles. The maximum atomic E-state index is 5.93. The van der Waals surface area contributed by atoms with Crippen molar-refractivity contribution in [1.29, 1.82) is 0 Å². The Labute approximate surface area is 117 Å². The summed E-state index contributed by atoms with van der Waals surface area (Å²) in [5, 5.41) is 7.39. The molecule has 0 bridgehead atoms. The van der Waals surface area contributed by atoms with Crippen LogP contribution in [-0.4, -0.2) is 14.8 Å². The van der Waals surface area contributed by atoms with Crippen molar-refractivity contribution < 1.29 is 0 Å². The molecule has 0 saturated heterocycles. The van der Waals surface area contributed by atoms with Crippen molar-refractivity contribution in [3.63, 3.8) is 0 Å². The van der Waals surface area contributed by atoms with E-state index in [9.17, 15) is 0 Å². The van der Waals surface area contributed by atoms with Gasteiger partial charge in [-0.3, -0.25) is 4.68 Å². The number of nitrogens with zero attached hydrogens (tertiary/aromatic N) is 3. The standard InChI is InChI=1S/C12H11BrN4S/c1-6-3-9(17(2)16-6)7-4-15-12(14)10-8(13)5-18-11(7)10/h3-5H,1-2H3,(H2,14,15). The van der Waals surface area contributed by atoms with E-state index in [-0.39, 0.29) is 0 Å². The van der Waals surface area contributed by atoms with Gasteiger partial charge in [-0.2, -0.15) is 5.10 Å². The second-order valence-corrected chi connectivity index (χ2v) is 5.87. The number of rotatable bonds is 1. The van der Waals surface area contributed by atoms with Crippen LogP contribution in [0.25, 0.3) is 21.3 Å². The number of hydrogen-bond donors (Lipinski definition) is 1. The van der Waals surface area contributed by atoms with Crippen molar-refractivity contribution in [1.82, 2.24) is 14.8 Å². The maximum absolute atomic E-state index is 5.93. The molecular weight excluding hydrogens is 312 g/mol. The van der Waals surface area contributed by atoms with E-state index >= 15 is 0 Å². The fourth-order valence-electron chi connectivity index (χ4n) is 2.08. The molecule has 0 radical (unpaired) electrons. The van der Waals surface area contributed by atoms with Gasteiger partial charge in [-0.15, -0.1) is 11.3 Å². The number of fused-ring (bicyclic) bond motifs is 1. The molecule has 3 aromatic rings. The van der Waals surface area contributed by atoms with E-state index in [0.717, 1.165) is 31.5 Å². The maximum Gasteiger partial charge on any atom is 0.133 e. The summed E-state index contributed by atoms with van der Waals surface area (Å²) in [6.07, 6.45) is 1.82. The fourth-order valence-corrected chi connectivity index (χ4v) is 3.84. The van der Waals surface area contributed by atoms with E-state index < -0.39 is 0 Å². The third kappa shape index (κ3) is 1.64. The lowest BCUT2D eigenvalue weighted by molar-refractivity contribution is 0.764. The minimum atomic E-state index is 0.556. The second kappa shape index (κ2) is 4.07. The van der Waals surface area contributed by atoms with E-state index in [1.165, 1.54) is 0 Å². The molecule has 6 heteroatoms. The van der Waals surface area contributed by atoms with Crippen LogP contribution in [0.4, 0.5) is 5.82 Å². The Bertz CT molecular complexity index is 744. The van der Waals surface area contributed by atoms with Gasteiger partial charge in [0.05, 0.1) is 16.1 Å². The van der Waals surface area contributed by atoms with Gasteiger partial charge in [0.2, 0.25) is 0 Å². The Morgan fingerprint density at radius 1 is 1.44 bits per heavy atom. The van der Waals surface area contributed by atoms with Gasteiger partial charge in [0, 0.05) is 34.0 Å². The number of halogens is 1. The summed E-state index contributed by atoms with van der Waals surface area (Å²) < 4.78 is 4.00. The largest absolute Gasteiger partial charge is 0.383 e. The first-order valence-electron chi connectivity index (χ1n) is 5.40. The van der Waals surface area contributed by atoms with Crippen LogP contribution in [0.3, 0.4) is 0 Å². The highest BCUT2D eigenvalue weighted by molar-refractivity contribution is 9.10. The highest BCUT2D eigenvalue weighted by Gasteiger charge is 2.15. The molecule has 0 aliphatic heterocycles. The van der Waals surface area contributed by atoms with Crippen molar-refractivity contribution in [2.45, 2.75) is 6.92 Å². The Balaban J connectivity index is 2.37. The predicted molar refractivity (Wildman–Crippen MR) is 78.7 cm³/mol. The number of nitrogens with two attached hydrogens (primary N) is 1. The molecule has 0 spiro atoms. The Hall–Kier alpha value is -1.40. The molecule has 0 aromatic carbocycles. The summed E-state index contributed by atoms with van der Waals surface area (Å²) in [5.74, 6) is 0.556. The minimum absolute atomic E-state index is 0.556. The molecule has 0 aliphatic rings. The smallest absolute Gasteiger partial charge is 0.133 e. The van der Waals surface area contributed by atoms with Gasteiger partial charge in [0.1, 0.15) is 5.82 Å². The van der Waals surface area contributed by atoms with E-state index in [1.807, 2.05) is 30.2 Å². The first-order chi connectivity index (χ1) is 8.58. The highest BCUT2D eigenvalue weighted by atomic mass is 79.9. The first kappa shape index (κ1) is 11.7. The topological polar surface area (TPSA) is 56.7 Å². The number of anilines is 1. The first-order valence-corrected chi connectivity index (χ1v) is 7.07. The molecule has 3 aromatic heterocycles. The normalized spacial score (nSPS) is 11.3. The third-order valence-corrected chi connectivity index (χ3v) is 4.80. The van der Waals surface area contributed by atoms with Crippen molar-refractivity contribution in [2.24, 2.45) is 7.05 Å². The van der Waals surface area contributed by atoms with Crippen molar-refractivity contribution in [3.8, 4) is 11.3 Å². The van der Waals surface area contributed by atoms with Crippen LogP contribution in [0, 0.1) is 6.92 Å². The predicted octanol–water partition coefficient (Wildman–Crippen LogP) is 3.35. The zero-order valence-corrected chi connectivity index (χ0v) is 12.3. The van der Waals surface area contributed by atoms with Crippen LogP contribution in [0.15, 0.2) is 22.1 Å². The zero-order chi connectivity index (χ0) is 12.9. The van der Waals surface area contributed by atoms with Crippen LogP contribution < -0.4 is 5.73 Å². The number of pyridine rings is 1. The van der Waals surface area contributed by atoms with Crippen molar-refractivity contribution in [3.05, 3.63) is 27.8 Å². The van der Waals surface area contributed by atoms with Gasteiger partial charge in [-0.25, -0.2) is 4.98 Å². The molecule has 4 nitrogen and oxygen atoms in total. The van der Waals surface area contributed by atoms with Crippen LogP contribution in [0.2, 0.25) is 0 Å². The molecule has 3 rings (SSSR count). The Morgan fingerprint density at radius 3 is 2.89 bits per heavy atom. The molecule has 0 amide bonds. The van der Waals surface area contributed by atoms with E-state index in [1.54, 1.807) is 11.3 Å². The number of aryl methyl sites for hydroxylation is 2. The molecule has 2 N–H and O–H groups in total. The van der Waals surface area contributed by atoms with E-state index in [2.05, 4.69) is 32.1 Å². The minimum Gasteiger partial charge on any atom is -0.383 e. The lowest BCUT2D eigenvalue weighted by Gasteiger charge is -2.05. The molecular formula is C12H11BrN4S. The molecule has 0 unspecified atom stereocenters. The van der Waals surface area contributed by atoms with Crippen LogP contribution in [0.1, 0.15) is 5.69 Å². The lowest BCUT2D eigenvalue weighted by Crippen LogP contribution is -1.96. The number of thiophene rings is 1. The third-order valence-electron chi connectivity index (χ3n) is 2.86. The summed E-state index contributed by atoms with van der Waals surface area (Å²) >= 11 is 5.18. The summed E-state index contributed by atoms with van der Waals surface area (Å²) in [6.45, 7) is 1.98. The Kier molecular flexibility index (Phi) is 2.64. The molecule has 18 heavy (non-hydrogen) atoms. The van der Waals surface area contributed by atoms with Crippen LogP contribution in [0.5, 0.6) is 0 Å². The van der Waals surface area contributed by atoms with Gasteiger partial charge < -0.3 is 5.73 Å². The van der Waals surface area contributed by atoms with Gasteiger partial charge in [-0.1, -0.05) is 0 Å². The van der Waals surface area contributed by atoms with E-state index in [4.69, 9.17) is 5.73 Å². The number of hydrogen-bond acceptors (Lipinski definition) is 4. The van der Waals surface area contributed by atoms with E-state index in [0.29, 0.717) is 5.82 Å². The van der Waals surface area contributed by atoms with Gasteiger partial charge in [0.25, 0.3) is 0 Å². The second-order valence-electron chi connectivity index (χ2n) is 4.14. The summed E-state index contributed by atoms with van der Waals surface area (Å²) in [5.41, 5.74) is 9.05. The zero-order valence-electron chi connectivity index (χ0n) is 9.94. The number of aromatic nitrogens is 3. The van der Waals surface area contributed by atoms with Crippen LogP contribution in [-0.2, 0) is 7.05 Å².